The first-order valence-electron chi connectivity index (χ1n) is 11.1. The van der Waals surface area contributed by atoms with Gasteiger partial charge in [-0.15, -0.1) is 0 Å². The third-order valence-corrected chi connectivity index (χ3v) is 6.48. The van der Waals surface area contributed by atoms with Gasteiger partial charge >= 0.3 is 0 Å². The fraction of sp³-hybridized carbons (Fsp3) is 0.360. The van der Waals surface area contributed by atoms with E-state index in [1.54, 1.807) is 61.5 Å². The molecular weight excluding hydrogens is 436 g/mol. The lowest BCUT2D eigenvalue weighted by Crippen LogP contribution is -2.73. The van der Waals surface area contributed by atoms with Crippen molar-refractivity contribution in [3.8, 4) is 0 Å². The third-order valence-electron chi connectivity index (χ3n) is 6.48. The minimum atomic E-state index is -1.73. The number of benzene rings is 2. The molecule has 0 aliphatic carbocycles. The first-order chi connectivity index (χ1) is 16.3. The van der Waals surface area contributed by atoms with Gasteiger partial charge in [0.2, 0.25) is 17.7 Å². The molecule has 1 aliphatic heterocycles. The van der Waals surface area contributed by atoms with Gasteiger partial charge in [-0.25, -0.2) is 5.48 Å². The molecule has 2 aromatic carbocycles. The zero-order valence-corrected chi connectivity index (χ0v) is 19.3. The highest BCUT2D eigenvalue weighted by Gasteiger charge is 2.61. The van der Waals surface area contributed by atoms with Crippen LogP contribution in [0.25, 0.3) is 0 Å². The molecular formula is C25H30N4O5. The number of rotatable bonds is 10. The molecule has 1 saturated heterocycles. The summed E-state index contributed by atoms with van der Waals surface area (Å²) in [5.74, 6) is -1.88. The van der Waals surface area contributed by atoms with Crippen LogP contribution in [-0.4, -0.2) is 59.4 Å². The van der Waals surface area contributed by atoms with Crippen molar-refractivity contribution in [2.45, 2.75) is 31.7 Å². The Bertz CT molecular complexity index is 1030. The average molecular weight is 467 g/mol. The maximum atomic E-state index is 13.7. The van der Waals surface area contributed by atoms with Gasteiger partial charge in [-0.2, -0.15) is 0 Å². The number of amides is 4. The van der Waals surface area contributed by atoms with E-state index in [2.05, 4.69) is 16.1 Å². The summed E-state index contributed by atoms with van der Waals surface area (Å²) in [6.45, 7) is 1.38. The number of hydroxylamine groups is 1. The summed E-state index contributed by atoms with van der Waals surface area (Å²) in [5, 5.41) is 15.2. The second-order valence-corrected chi connectivity index (χ2v) is 8.67. The minimum absolute atomic E-state index is 0.00435. The molecule has 0 aromatic heterocycles. The van der Waals surface area contributed by atoms with Crippen LogP contribution in [0.3, 0.4) is 0 Å². The molecule has 4 N–H and O–H groups in total. The summed E-state index contributed by atoms with van der Waals surface area (Å²) in [6, 6.07) is 17.6. The number of nitrogens with zero attached hydrogens (tertiary/aromatic N) is 1. The molecule has 9 heteroatoms. The van der Waals surface area contributed by atoms with E-state index in [9.17, 15) is 24.4 Å². The molecule has 0 spiro atoms. The average Bonchev–Trinajstić information content (AvgIpc) is 3.19. The van der Waals surface area contributed by atoms with Crippen molar-refractivity contribution in [1.82, 2.24) is 21.0 Å². The van der Waals surface area contributed by atoms with Crippen molar-refractivity contribution in [1.29, 1.82) is 0 Å². The molecule has 0 bridgehead atoms. The van der Waals surface area contributed by atoms with Crippen molar-refractivity contribution < 1.29 is 24.4 Å². The standard InChI is InChI=1S/C25H30N4O5/c1-24(17-28-34,16-27-22(32)19-11-7-4-8-12-19)25(23(33)26-2,15-18-9-5-3-6-10-18)29-20(30)13-14-21(29)31/h3-12,28,34H,13-17H2,1-2H3,(H,26,33)(H,27,32)/t24-,25+/m1/s1. The first kappa shape index (κ1) is 25.1. The highest BCUT2D eigenvalue weighted by Crippen LogP contribution is 2.42. The fourth-order valence-electron chi connectivity index (χ4n) is 4.62. The van der Waals surface area contributed by atoms with Crippen molar-refractivity contribution in [3.05, 3.63) is 71.8 Å². The summed E-state index contributed by atoms with van der Waals surface area (Å²) in [5.41, 5.74) is 0.232. The Hall–Kier alpha value is -3.56. The van der Waals surface area contributed by atoms with Gasteiger partial charge in [-0.1, -0.05) is 55.5 Å². The molecule has 0 saturated carbocycles. The summed E-state index contributed by atoms with van der Waals surface area (Å²) in [6.07, 6.45) is -0.0128. The number of hydrogen-bond acceptors (Lipinski definition) is 6. The third kappa shape index (κ3) is 4.71. The van der Waals surface area contributed by atoms with E-state index in [0.717, 1.165) is 10.5 Å². The lowest BCUT2D eigenvalue weighted by atomic mass is 9.65. The lowest BCUT2D eigenvalue weighted by molar-refractivity contribution is -0.163. The van der Waals surface area contributed by atoms with E-state index in [4.69, 9.17) is 0 Å². The van der Waals surface area contributed by atoms with Gasteiger partial charge in [-0.3, -0.25) is 24.1 Å². The number of nitrogens with one attached hydrogen (secondary N) is 3. The van der Waals surface area contributed by atoms with Crippen LogP contribution >= 0.6 is 0 Å². The predicted molar refractivity (Wildman–Crippen MR) is 125 cm³/mol. The molecule has 1 heterocycles. The van der Waals surface area contributed by atoms with Crippen LogP contribution in [0.15, 0.2) is 60.7 Å². The highest BCUT2D eigenvalue weighted by atomic mass is 16.5. The Kier molecular flexibility index (Phi) is 7.80. The van der Waals surface area contributed by atoms with Gasteiger partial charge in [0.25, 0.3) is 5.91 Å². The van der Waals surface area contributed by atoms with Crippen LogP contribution in [-0.2, 0) is 20.8 Å². The van der Waals surface area contributed by atoms with Gasteiger partial charge in [-0.05, 0) is 17.7 Å². The van der Waals surface area contributed by atoms with Crippen LogP contribution in [0, 0.1) is 5.41 Å². The van der Waals surface area contributed by atoms with Gasteiger partial charge in [0.15, 0.2) is 0 Å². The monoisotopic (exact) mass is 466 g/mol. The quantitative estimate of drug-likeness (QED) is 0.309. The summed E-state index contributed by atoms with van der Waals surface area (Å²) in [4.78, 5) is 53.5. The highest BCUT2D eigenvalue weighted by molar-refractivity contribution is 6.08. The van der Waals surface area contributed by atoms with Gasteiger partial charge < -0.3 is 15.8 Å². The summed E-state index contributed by atoms with van der Waals surface area (Å²) < 4.78 is 0. The molecule has 2 atom stereocenters. The number of hydrogen-bond donors (Lipinski definition) is 4. The Morgan fingerprint density at radius 3 is 2.03 bits per heavy atom. The number of likely N-dealkylation sites (N-methyl/N-ethyl adjacent to an activating group) is 1. The summed E-state index contributed by atoms with van der Waals surface area (Å²) in [7, 11) is 1.43. The van der Waals surface area contributed by atoms with E-state index >= 15 is 0 Å². The molecule has 1 aliphatic rings. The first-order valence-corrected chi connectivity index (χ1v) is 11.1. The molecule has 2 aromatic rings. The van der Waals surface area contributed by atoms with E-state index in [-0.39, 0.29) is 38.3 Å². The Labute approximate surface area is 198 Å². The molecule has 34 heavy (non-hydrogen) atoms. The molecule has 4 amide bonds. The van der Waals surface area contributed by atoms with E-state index in [1.165, 1.54) is 7.05 Å². The smallest absolute Gasteiger partial charge is 0.251 e. The number of likely N-dealkylation sites (tertiary alicyclic amines) is 1. The SMILES string of the molecule is CNC(=O)[C@](Cc1ccccc1)(N1C(=O)CCC1=O)[C@@](C)(CNO)CNC(=O)c1ccccc1. The zero-order chi connectivity index (χ0) is 24.8. The normalized spacial score (nSPS) is 17.1. The van der Waals surface area contributed by atoms with Crippen molar-refractivity contribution in [2.75, 3.05) is 20.1 Å². The van der Waals surface area contributed by atoms with E-state index in [0.29, 0.717) is 5.56 Å². The lowest BCUT2D eigenvalue weighted by Gasteiger charge is -2.51. The van der Waals surface area contributed by atoms with E-state index < -0.39 is 28.7 Å². The van der Waals surface area contributed by atoms with Crippen LogP contribution in [0.4, 0.5) is 0 Å². The predicted octanol–water partition coefficient (Wildman–Crippen LogP) is 1.28. The van der Waals surface area contributed by atoms with Gasteiger partial charge in [0.05, 0.1) is 0 Å². The largest absolute Gasteiger partial charge is 0.357 e. The molecule has 180 valence electrons. The molecule has 0 radical (unpaired) electrons. The Balaban J connectivity index is 2.12. The topological polar surface area (TPSA) is 128 Å². The van der Waals surface area contributed by atoms with Crippen molar-refractivity contribution >= 4 is 23.6 Å². The second-order valence-electron chi connectivity index (χ2n) is 8.67. The molecule has 0 unspecified atom stereocenters. The maximum absolute atomic E-state index is 13.7. The van der Waals surface area contributed by atoms with Crippen molar-refractivity contribution in [2.24, 2.45) is 5.41 Å². The Morgan fingerprint density at radius 2 is 1.50 bits per heavy atom. The van der Waals surface area contributed by atoms with Crippen LogP contribution in [0.1, 0.15) is 35.7 Å². The fourth-order valence-corrected chi connectivity index (χ4v) is 4.62. The number of imide groups is 1. The number of carbonyl (C=O) groups excluding carboxylic acids is 4. The molecule has 3 rings (SSSR count). The minimum Gasteiger partial charge on any atom is -0.357 e. The Morgan fingerprint density at radius 1 is 0.941 bits per heavy atom. The van der Waals surface area contributed by atoms with Gasteiger partial charge in [0, 0.05) is 50.4 Å². The van der Waals surface area contributed by atoms with Crippen LogP contribution in [0.5, 0.6) is 0 Å². The molecule has 9 nitrogen and oxygen atoms in total. The van der Waals surface area contributed by atoms with Crippen LogP contribution in [0.2, 0.25) is 0 Å². The van der Waals surface area contributed by atoms with E-state index in [1.807, 2.05) is 6.07 Å². The van der Waals surface area contributed by atoms with Gasteiger partial charge in [0.1, 0.15) is 5.54 Å². The number of carbonyl (C=O) groups is 4. The van der Waals surface area contributed by atoms with Crippen LogP contribution < -0.4 is 16.1 Å². The maximum Gasteiger partial charge on any atom is 0.251 e. The zero-order valence-electron chi connectivity index (χ0n) is 19.3. The summed E-state index contributed by atoms with van der Waals surface area (Å²) >= 11 is 0. The van der Waals surface area contributed by atoms with Crippen molar-refractivity contribution in [3.63, 3.8) is 0 Å². The molecule has 1 fully saturated rings. The second kappa shape index (κ2) is 10.6.